The van der Waals surface area contributed by atoms with Gasteiger partial charge >= 0.3 is 0 Å². The van der Waals surface area contributed by atoms with Crippen LogP contribution in [0.25, 0.3) is 21.9 Å². The molecule has 0 saturated carbocycles. The Labute approximate surface area is 141 Å². The Morgan fingerprint density at radius 2 is 1.58 bits per heavy atom. The zero-order valence-electron chi connectivity index (χ0n) is 13.9. The first kappa shape index (κ1) is 15.9. The summed E-state index contributed by atoms with van der Waals surface area (Å²) in [6.45, 7) is 1.51. The Morgan fingerprint density at radius 1 is 0.917 bits per heavy atom. The molecule has 0 fully saturated rings. The number of hydrogen-bond donors (Lipinski definition) is 1. The molecular weight excluding hydrogens is 302 g/mol. The molecule has 0 spiro atoms. The average molecular weight is 321 g/mol. The molecule has 0 aliphatic rings. The van der Waals surface area contributed by atoms with Crippen LogP contribution in [0.3, 0.4) is 0 Å². The molecule has 0 unspecified atom stereocenters. The second-order valence-electron chi connectivity index (χ2n) is 5.46. The van der Waals surface area contributed by atoms with Gasteiger partial charge in [-0.2, -0.15) is 0 Å². The lowest BCUT2D eigenvalue weighted by Gasteiger charge is -2.16. The van der Waals surface area contributed by atoms with Crippen LogP contribution in [-0.2, 0) is 4.79 Å². The van der Waals surface area contributed by atoms with E-state index >= 15 is 0 Å². The van der Waals surface area contributed by atoms with E-state index in [1.165, 1.54) is 6.92 Å². The van der Waals surface area contributed by atoms with Crippen molar-refractivity contribution in [2.24, 2.45) is 0 Å². The molecule has 0 aromatic heterocycles. The van der Waals surface area contributed by atoms with Gasteiger partial charge in [0.2, 0.25) is 5.91 Å². The molecule has 1 amide bonds. The second-order valence-corrected chi connectivity index (χ2v) is 5.46. The highest BCUT2D eigenvalue weighted by atomic mass is 16.5. The number of nitrogens with one attached hydrogen (secondary N) is 1. The fourth-order valence-electron chi connectivity index (χ4n) is 2.82. The second kappa shape index (κ2) is 6.62. The molecule has 1 N–H and O–H groups in total. The highest BCUT2D eigenvalue weighted by Gasteiger charge is 2.14. The Hall–Kier alpha value is -3.01. The van der Waals surface area contributed by atoms with E-state index in [-0.39, 0.29) is 5.91 Å². The SMILES string of the molecule is COc1cc2ccc(-c3ccccc3)c(NC(C)=O)c2cc1OC. The van der Waals surface area contributed by atoms with Crippen molar-refractivity contribution in [3.05, 3.63) is 54.6 Å². The van der Waals surface area contributed by atoms with Gasteiger partial charge < -0.3 is 14.8 Å². The van der Waals surface area contributed by atoms with Crippen molar-refractivity contribution in [2.45, 2.75) is 6.92 Å². The number of ether oxygens (including phenoxy) is 2. The molecule has 4 nitrogen and oxygen atoms in total. The number of hydrogen-bond acceptors (Lipinski definition) is 3. The summed E-state index contributed by atoms with van der Waals surface area (Å²) in [5.41, 5.74) is 2.77. The minimum absolute atomic E-state index is 0.116. The molecule has 0 saturated heterocycles. The largest absolute Gasteiger partial charge is 0.493 e. The van der Waals surface area contributed by atoms with Gasteiger partial charge in [-0.15, -0.1) is 0 Å². The van der Waals surface area contributed by atoms with Crippen LogP contribution in [-0.4, -0.2) is 20.1 Å². The molecule has 3 aromatic carbocycles. The van der Waals surface area contributed by atoms with E-state index in [2.05, 4.69) is 5.32 Å². The van der Waals surface area contributed by atoms with Crippen molar-refractivity contribution in [3.63, 3.8) is 0 Å². The minimum atomic E-state index is -0.116. The van der Waals surface area contributed by atoms with Crippen LogP contribution in [0.15, 0.2) is 54.6 Å². The Bertz CT molecular complexity index is 888. The van der Waals surface area contributed by atoms with Crippen molar-refractivity contribution in [2.75, 3.05) is 19.5 Å². The van der Waals surface area contributed by atoms with Gasteiger partial charge in [0.1, 0.15) is 0 Å². The Morgan fingerprint density at radius 3 is 2.21 bits per heavy atom. The first-order valence-electron chi connectivity index (χ1n) is 7.65. The predicted molar refractivity (Wildman–Crippen MR) is 96.8 cm³/mol. The van der Waals surface area contributed by atoms with E-state index in [0.29, 0.717) is 11.5 Å². The lowest BCUT2D eigenvalue weighted by atomic mass is 9.97. The van der Waals surface area contributed by atoms with Crippen LogP contribution >= 0.6 is 0 Å². The average Bonchev–Trinajstić information content (AvgIpc) is 2.61. The molecule has 3 rings (SSSR count). The maximum absolute atomic E-state index is 11.8. The number of anilines is 1. The molecule has 3 aromatic rings. The zero-order chi connectivity index (χ0) is 17.1. The first-order chi connectivity index (χ1) is 11.6. The van der Waals surface area contributed by atoms with Gasteiger partial charge in [0, 0.05) is 17.9 Å². The van der Waals surface area contributed by atoms with E-state index in [1.807, 2.05) is 54.6 Å². The van der Waals surface area contributed by atoms with Crippen molar-refractivity contribution in [1.82, 2.24) is 0 Å². The number of amides is 1. The van der Waals surface area contributed by atoms with Gasteiger partial charge in [-0.3, -0.25) is 4.79 Å². The van der Waals surface area contributed by atoms with Gasteiger partial charge in [-0.05, 0) is 23.1 Å². The predicted octanol–water partition coefficient (Wildman–Crippen LogP) is 4.48. The summed E-state index contributed by atoms with van der Waals surface area (Å²) in [5.74, 6) is 1.17. The monoisotopic (exact) mass is 321 g/mol. The number of carbonyl (C=O) groups is 1. The van der Waals surface area contributed by atoms with Crippen LogP contribution in [0.2, 0.25) is 0 Å². The lowest BCUT2D eigenvalue weighted by Crippen LogP contribution is -2.07. The maximum atomic E-state index is 11.8. The van der Waals surface area contributed by atoms with Gasteiger partial charge in [0.05, 0.1) is 19.9 Å². The number of carbonyl (C=O) groups excluding carboxylic acids is 1. The smallest absolute Gasteiger partial charge is 0.221 e. The van der Waals surface area contributed by atoms with Crippen LogP contribution in [0.5, 0.6) is 11.5 Å². The maximum Gasteiger partial charge on any atom is 0.221 e. The summed E-state index contributed by atoms with van der Waals surface area (Å²) in [6, 6.07) is 17.8. The molecule has 0 atom stereocenters. The highest BCUT2D eigenvalue weighted by Crippen LogP contribution is 2.40. The topological polar surface area (TPSA) is 47.6 Å². The number of fused-ring (bicyclic) bond motifs is 1. The number of methoxy groups -OCH3 is 2. The van der Waals surface area contributed by atoms with Gasteiger partial charge in [-0.25, -0.2) is 0 Å². The summed E-state index contributed by atoms with van der Waals surface area (Å²) in [7, 11) is 3.21. The van der Waals surface area contributed by atoms with E-state index in [0.717, 1.165) is 27.6 Å². The summed E-state index contributed by atoms with van der Waals surface area (Å²) >= 11 is 0. The Kier molecular flexibility index (Phi) is 4.38. The van der Waals surface area contributed by atoms with Crippen molar-refractivity contribution in [3.8, 4) is 22.6 Å². The van der Waals surface area contributed by atoms with Crippen LogP contribution in [0.1, 0.15) is 6.92 Å². The summed E-state index contributed by atoms with van der Waals surface area (Å²) in [5, 5.41) is 4.84. The molecule has 0 heterocycles. The molecule has 0 radical (unpaired) electrons. The summed E-state index contributed by atoms with van der Waals surface area (Å²) in [4.78, 5) is 11.8. The molecule has 0 bridgehead atoms. The molecule has 122 valence electrons. The Balaban J connectivity index is 2.31. The van der Waals surface area contributed by atoms with Crippen molar-refractivity contribution >= 4 is 22.4 Å². The fraction of sp³-hybridized carbons (Fsp3) is 0.150. The van der Waals surface area contributed by atoms with E-state index in [1.54, 1.807) is 14.2 Å². The first-order valence-corrected chi connectivity index (χ1v) is 7.65. The van der Waals surface area contributed by atoms with Crippen LogP contribution in [0, 0.1) is 0 Å². The zero-order valence-corrected chi connectivity index (χ0v) is 13.9. The molecule has 4 heteroatoms. The molecule has 0 aliphatic heterocycles. The standard InChI is InChI=1S/C20H19NO3/c1-13(22)21-20-16(14-7-5-4-6-8-14)10-9-15-11-18(23-2)19(24-3)12-17(15)20/h4-12H,1-3H3,(H,21,22). The third-order valence-electron chi connectivity index (χ3n) is 3.91. The number of rotatable bonds is 4. The van der Waals surface area contributed by atoms with E-state index in [9.17, 15) is 4.79 Å². The van der Waals surface area contributed by atoms with Gasteiger partial charge in [0.15, 0.2) is 11.5 Å². The van der Waals surface area contributed by atoms with Gasteiger partial charge in [0.25, 0.3) is 0 Å². The van der Waals surface area contributed by atoms with Gasteiger partial charge in [-0.1, -0.05) is 42.5 Å². The van der Waals surface area contributed by atoms with Crippen molar-refractivity contribution in [1.29, 1.82) is 0 Å². The lowest BCUT2D eigenvalue weighted by molar-refractivity contribution is -0.114. The third kappa shape index (κ3) is 2.91. The van der Waals surface area contributed by atoms with E-state index < -0.39 is 0 Å². The highest BCUT2D eigenvalue weighted by molar-refractivity contribution is 6.08. The molecule has 0 aliphatic carbocycles. The minimum Gasteiger partial charge on any atom is -0.493 e. The quantitative estimate of drug-likeness (QED) is 0.770. The van der Waals surface area contributed by atoms with Crippen molar-refractivity contribution < 1.29 is 14.3 Å². The van der Waals surface area contributed by atoms with Crippen LogP contribution in [0.4, 0.5) is 5.69 Å². The fourth-order valence-corrected chi connectivity index (χ4v) is 2.82. The third-order valence-corrected chi connectivity index (χ3v) is 3.91. The molecular formula is C20H19NO3. The normalized spacial score (nSPS) is 10.5. The summed E-state index contributed by atoms with van der Waals surface area (Å²) in [6.07, 6.45) is 0. The molecule has 24 heavy (non-hydrogen) atoms. The number of benzene rings is 3. The van der Waals surface area contributed by atoms with Crippen LogP contribution < -0.4 is 14.8 Å². The van der Waals surface area contributed by atoms with E-state index in [4.69, 9.17) is 9.47 Å². The summed E-state index contributed by atoms with van der Waals surface area (Å²) < 4.78 is 10.8.